The standard InChI is InChI=1S/C21H18Cl2N2O5/c1-28-19-10-13(9-14(12-24)21(25)27)4-6-18(19)30-20(26)3-2-8-29-17-7-5-15(22)11-16(17)23/h4-7,9-11H,2-3,8H2,1H3,(H2,25,27). The van der Waals surface area contributed by atoms with Crippen molar-refractivity contribution < 1.29 is 23.8 Å². The molecular weight excluding hydrogens is 431 g/mol. The molecule has 0 radical (unpaired) electrons. The molecular formula is C21H18Cl2N2O5. The minimum absolute atomic E-state index is 0.107. The lowest BCUT2D eigenvalue weighted by Gasteiger charge is -2.11. The number of nitrogens with zero attached hydrogens (tertiary/aromatic N) is 1. The lowest BCUT2D eigenvalue weighted by atomic mass is 10.1. The van der Waals surface area contributed by atoms with Crippen molar-refractivity contribution >= 4 is 41.2 Å². The molecule has 0 spiro atoms. The maximum Gasteiger partial charge on any atom is 0.311 e. The van der Waals surface area contributed by atoms with Crippen LogP contribution < -0.4 is 19.9 Å². The summed E-state index contributed by atoms with van der Waals surface area (Å²) in [5.74, 6) is -0.360. The molecule has 0 saturated heterocycles. The van der Waals surface area contributed by atoms with Gasteiger partial charge >= 0.3 is 5.97 Å². The Morgan fingerprint density at radius 2 is 1.87 bits per heavy atom. The molecule has 0 fully saturated rings. The van der Waals surface area contributed by atoms with E-state index in [1.807, 2.05) is 0 Å². The number of esters is 1. The van der Waals surface area contributed by atoms with Crippen LogP contribution in [0.3, 0.4) is 0 Å². The minimum Gasteiger partial charge on any atom is -0.493 e. The first-order chi connectivity index (χ1) is 14.3. The highest BCUT2D eigenvalue weighted by Gasteiger charge is 2.12. The highest BCUT2D eigenvalue weighted by molar-refractivity contribution is 6.35. The van der Waals surface area contributed by atoms with Crippen LogP contribution in [0.4, 0.5) is 0 Å². The Hall–Kier alpha value is -3.21. The zero-order valence-electron chi connectivity index (χ0n) is 16.0. The molecule has 2 aromatic rings. The lowest BCUT2D eigenvalue weighted by Crippen LogP contribution is -2.12. The zero-order valence-corrected chi connectivity index (χ0v) is 17.5. The molecule has 0 aliphatic rings. The van der Waals surface area contributed by atoms with Gasteiger partial charge in [-0.25, -0.2) is 0 Å². The van der Waals surface area contributed by atoms with E-state index < -0.39 is 11.9 Å². The summed E-state index contributed by atoms with van der Waals surface area (Å²) in [4.78, 5) is 23.3. The first-order valence-corrected chi connectivity index (χ1v) is 9.47. The molecule has 156 valence electrons. The molecule has 0 atom stereocenters. The van der Waals surface area contributed by atoms with Crippen LogP contribution in [0.2, 0.25) is 10.0 Å². The predicted octanol–water partition coefficient (Wildman–Crippen LogP) is 4.16. The van der Waals surface area contributed by atoms with Gasteiger partial charge in [-0.1, -0.05) is 29.3 Å². The minimum atomic E-state index is -0.839. The van der Waals surface area contributed by atoms with Gasteiger partial charge in [0.2, 0.25) is 0 Å². The van der Waals surface area contributed by atoms with Gasteiger partial charge in [0.25, 0.3) is 5.91 Å². The van der Waals surface area contributed by atoms with Gasteiger partial charge in [0.05, 0.1) is 18.7 Å². The number of nitrogens with two attached hydrogens (primary N) is 1. The maximum atomic E-state index is 12.1. The SMILES string of the molecule is COc1cc(C=C(C#N)C(N)=O)ccc1OC(=O)CCCOc1ccc(Cl)cc1Cl. The molecule has 2 aromatic carbocycles. The average Bonchev–Trinajstić information content (AvgIpc) is 2.71. The zero-order chi connectivity index (χ0) is 22.1. The van der Waals surface area contributed by atoms with E-state index in [1.54, 1.807) is 30.3 Å². The van der Waals surface area contributed by atoms with Gasteiger partial charge < -0.3 is 19.9 Å². The largest absolute Gasteiger partial charge is 0.493 e. The normalized spacial score (nSPS) is 10.8. The van der Waals surface area contributed by atoms with Crippen molar-refractivity contribution in [3.8, 4) is 23.3 Å². The molecule has 7 nitrogen and oxygen atoms in total. The number of carbonyl (C=O) groups excluding carboxylic acids is 2. The average molecular weight is 449 g/mol. The Bertz CT molecular complexity index is 1010. The number of nitriles is 1. The number of ether oxygens (including phenoxy) is 3. The Labute approximate surface area is 183 Å². The third kappa shape index (κ3) is 6.69. The molecule has 2 rings (SSSR count). The number of hydrogen-bond donors (Lipinski definition) is 1. The summed E-state index contributed by atoms with van der Waals surface area (Å²) in [6.45, 7) is 0.265. The molecule has 0 unspecified atom stereocenters. The first kappa shape index (κ1) is 23.1. The number of primary amides is 1. The van der Waals surface area contributed by atoms with Crippen molar-refractivity contribution in [2.45, 2.75) is 12.8 Å². The number of benzene rings is 2. The van der Waals surface area contributed by atoms with Gasteiger partial charge in [-0.2, -0.15) is 5.26 Å². The van der Waals surface area contributed by atoms with Crippen molar-refractivity contribution in [1.82, 2.24) is 0 Å². The van der Waals surface area contributed by atoms with Crippen LogP contribution >= 0.6 is 23.2 Å². The van der Waals surface area contributed by atoms with E-state index in [4.69, 9.17) is 48.4 Å². The molecule has 0 heterocycles. The van der Waals surface area contributed by atoms with Gasteiger partial charge in [-0.05, 0) is 48.4 Å². The number of rotatable bonds is 9. The van der Waals surface area contributed by atoms with Crippen molar-refractivity contribution in [2.75, 3.05) is 13.7 Å². The fraction of sp³-hybridized carbons (Fsp3) is 0.190. The van der Waals surface area contributed by atoms with Crippen LogP contribution in [0.25, 0.3) is 6.08 Å². The monoisotopic (exact) mass is 448 g/mol. The van der Waals surface area contributed by atoms with E-state index in [1.165, 1.54) is 25.3 Å². The van der Waals surface area contributed by atoms with Crippen LogP contribution in [0, 0.1) is 11.3 Å². The summed E-state index contributed by atoms with van der Waals surface area (Å²) in [6, 6.07) is 11.2. The Morgan fingerprint density at radius 3 is 2.50 bits per heavy atom. The molecule has 1 amide bonds. The summed E-state index contributed by atoms with van der Waals surface area (Å²) in [6.07, 6.45) is 1.83. The van der Waals surface area contributed by atoms with Crippen molar-refractivity contribution in [3.05, 3.63) is 57.6 Å². The molecule has 2 N–H and O–H groups in total. The summed E-state index contributed by atoms with van der Waals surface area (Å²) < 4.78 is 16.1. The predicted molar refractivity (Wildman–Crippen MR) is 113 cm³/mol. The smallest absolute Gasteiger partial charge is 0.311 e. The summed E-state index contributed by atoms with van der Waals surface area (Å²) in [5, 5.41) is 9.81. The number of amides is 1. The molecule has 0 saturated carbocycles. The Morgan fingerprint density at radius 1 is 1.13 bits per heavy atom. The number of hydrogen-bond acceptors (Lipinski definition) is 6. The Kier molecular flexibility index (Phi) is 8.54. The third-order valence-electron chi connectivity index (χ3n) is 3.79. The quantitative estimate of drug-likeness (QED) is 0.202. The number of carbonyl (C=O) groups is 2. The van der Waals surface area contributed by atoms with E-state index in [9.17, 15) is 9.59 Å². The van der Waals surface area contributed by atoms with Crippen LogP contribution in [0.15, 0.2) is 42.0 Å². The van der Waals surface area contributed by atoms with Gasteiger partial charge in [0, 0.05) is 11.4 Å². The van der Waals surface area contributed by atoms with Crippen LogP contribution in [0.5, 0.6) is 17.2 Å². The molecule has 0 aliphatic heterocycles. The van der Waals surface area contributed by atoms with Gasteiger partial charge in [-0.15, -0.1) is 0 Å². The number of methoxy groups -OCH3 is 1. The van der Waals surface area contributed by atoms with E-state index in [0.29, 0.717) is 27.8 Å². The maximum absolute atomic E-state index is 12.1. The molecule has 0 aromatic heterocycles. The van der Waals surface area contributed by atoms with Gasteiger partial charge in [0.1, 0.15) is 17.4 Å². The van der Waals surface area contributed by atoms with E-state index in [0.717, 1.165) is 0 Å². The topological polar surface area (TPSA) is 112 Å². The Balaban J connectivity index is 1.93. The summed E-state index contributed by atoms with van der Waals surface area (Å²) >= 11 is 11.8. The van der Waals surface area contributed by atoms with E-state index >= 15 is 0 Å². The van der Waals surface area contributed by atoms with Crippen molar-refractivity contribution in [1.29, 1.82) is 5.26 Å². The highest BCUT2D eigenvalue weighted by atomic mass is 35.5. The summed E-state index contributed by atoms with van der Waals surface area (Å²) in [7, 11) is 1.41. The molecule has 0 bridgehead atoms. The van der Waals surface area contributed by atoms with E-state index in [2.05, 4.69) is 0 Å². The van der Waals surface area contributed by atoms with E-state index in [-0.39, 0.29) is 30.1 Å². The highest BCUT2D eigenvalue weighted by Crippen LogP contribution is 2.30. The van der Waals surface area contributed by atoms with Gasteiger partial charge in [0.15, 0.2) is 11.5 Å². The first-order valence-electron chi connectivity index (χ1n) is 8.72. The number of halogens is 2. The summed E-state index contributed by atoms with van der Waals surface area (Å²) in [5.41, 5.74) is 5.41. The molecule has 9 heteroatoms. The fourth-order valence-corrected chi connectivity index (χ4v) is 2.81. The lowest BCUT2D eigenvalue weighted by molar-refractivity contribution is -0.134. The second-order valence-electron chi connectivity index (χ2n) is 5.95. The second-order valence-corrected chi connectivity index (χ2v) is 6.79. The van der Waals surface area contributed by atoms with Crippen LogP contribution in [-0.2, 0) is 9.59 Å². The molecule has 0 aliphatic carbocycles. The third-order valence-corrected chi connectivity index (χ3v) is 4.32. The molecule has 30 heavy (non-hydrogen) atoms. The van der Waals surface area contributed by atoms with Gasteiger partial charge in [-0.3, -0.25) is 9.59 Å². The van der Waals surface area contributed by atoms with Crippen LogP contribution in [-0.4, -0.2) is 25.6 Å². The fourth-order valence-electron chi connectivity index (χ4n) is 2.35. The van der Waals surface area contributed by atoms with Crippen LogP contribution in [0.1, 0.15) is 18.4 Å². The van der Waals surface area contributed by atoms with Crippen molar-refractivity contribution in [3.63, 3.8) is 0 Å². The second kappa shape index (κ2) is 11.1. The van der Waals surface area contributed by atoms with Crippen molar-refractivity contribution in [2.24, 2.45) is 5.73 Å².